The maximum atomic E-state index is 5.10. The van der Waals surface area contributed by atoms with Crippen LogP contribution in [0.4, 0.5) is 0 Å². The van der Waals surface area contributed by atoms with Crippen molar-refractivity contribution in [2.75, 3.05) is 13.7 Å². The van der Waals surface area contributed by atoms with Crippen LogP contribution in [-0.4, -0.2) is 13.7 Å². The molecule has 1 aliphatic carbocycles. The fourth-order valence-electron chi connectivity index (χ4n) is 2.30. The van der Waals surface area contributed by atoms with Gasteiger partial charge in [-0.05, 0) is 18.3 Å². The Labute approximate surface area is 70.1 Å². The molecule has 0 aromatic carbocycles. The summed E-state index contributed by atoms with van der Waals surface area (Å²) in [7, 11) is 1.80. The molecule has 66 valence electrons. The highest BCUT2D eigenvalue weighted by molar-refractivity contribution is 4.76. The Morgan fingerprint density at radius 3 is 2.64 bits per heavy atom. The molecule has 1 aliphatic rings. The van der Waals surface area contributed by atoms with Crippen molar-refractivity contribution in [3.63, 3.8) is 0 Å². The summed E-state index contributed by atoms with van der Waals surface area (Å²) in [6.45, 7) is 3.27. The van der Waals surface area contributed by atoms with Gasteiger partial charge in [-0.25, -0.2) is 0 Å². The first-order valence-electron chi connectivity index (χ1n) is 4.87. The van der Waals surface area contributed by atoms with Gasteiger partial charge in [0.1, 0.15) is 0 Å². The predicted molar refractivity (Wildman–Crippen MR) is 47.6 cm³/mol. The van der Waals surface area contributed by atoms with Gasteiger partial charge >= 0.3 is 0 Å². The Bertz CT molecular complexity index is 101. The standard InChI is InChI=1S/C10H20O/c1-3-9-5-4-6-10(9)7-8-11-2/h9-10H,3-8H2,1-2H3. The minimum absolute atomic E-state index is 0.959. The second kappa shape index (κ2) is 4.76. The lowest BCUT2D eigenvalue weighted by Gasteiger charge is -2.16. The largest absolute Gasteiger partial charge is 0.385 e. The van der Waals surface area contributed by atoms with E-state index in [1.165, 1.54) is 32.1 Å². The van der Waals surface area contributed by atoms with Crippen molar-refractivity contribution in [3.05, 3.63) is 0 Å². The minimum atomic E-state index is 0.959. The molecule has 0 N–H and O–H groups in total. The van der Waals surface area contributed by atoms with Gasteiger partial charge in [0.2, 0.25) is 0 Å². The Morgan fingerprint density at radius 2 is 2.00 bits per heavy atom. The molecule has 1 heteroatoms. The van der Waals surface area contributed by atoms with Crippen LogP contribution in [-0.2, 0) is 4.74 Å². The quantitative estimate of drug-likeness (QED) is 0.608. The summed E-state index contributed by atoms with van der Waals surface area (Å²) < 4.78 is 5.10. The number of methoxy groups -OCH3 is 1. The Kier molecular flexibility index (Phi) is 3.92. The van der Waals surface area contributed by atoms with Crippen LogP contribution in [0.15, 0.2) is 0 Å². The van der Waals surface area contributed by atoms with E-state index >= 15 is 0 Å². The molecule has 2 atom stereocenters. The first kappa shape index (κ1) is 9.05. The fourth-order valence-corrected chi connectivity index (χ4v) is 2.30. The van der Waals surface area contributed by atoms with Crippen LogP contribution in [0.25, 0.3) is 0 Å². The van der Waals surface area contributed by atoms with E-state index in [1.807, 2.05) is 0 Å². The Morgan fingerprint density at radius 1 is 1.27 bits per heavy atom. The van der Waals surface area contributed by atoms with Crippen LogP contribution >= 0.6 is 0 Å². The Balaban J connectivity index is 2.20. The summed E-state index contributed by atoms with van der Waals surface area (Å²) in [6, 6.07) is 0. The van der Waals surface area contributed by atoms with E-state index in [9.17, 15) is 0 Å². The van der Waals surface area contributed by atoms with Crippen LogP contribution < -0.4 is 0 Å². The SMILES string of the molecule is CCC1CCCC1CCOC. The lowest BCUT2D eigenvalue weighted by molar-refractivity contribution is 0.166. The van der Waals surface area contributed by atoms with Crippen molar-refractivity contribution in [3.8, 4) is 0 Å². The van der Waals surface area contributed by atoms with Gasteiger partial charge in [-0.1, -0.05) is 32.6 Å². The third-order valence-corrected chi connectivity index (χ3v) is 3.03. The van der Waals surface area contributed by atoms with Gasteiger partial charge in [0, 0.05) is 13.7 Å². The summed E-state index contributed by atoms with van der Waals surface area (Å²) in [6.07, 6.45) is 7.02. The summed E-state index contributed by atoms with van der Waals surface area (Å²) in [5.41, 5.74) is 0. The molecule has 1 nitrogen and oxygen atoms in total. The molecule has 2 unspecified atom stereocenters. The monoisotopic (exact) mass is 156 g/mol. The van der Waals surface area contributed by atoms with E-state index in [2.05, 4.69) is 6.92 Å². The number of hydrogen-bond acceptors (Lipinski definition) is 1. The highest BCUT2D eigenvalue weighted by atomic mass is 16.5. The lowest BCUT2D eigenvalue weighted by atomic mass is 9.91. The van der Waals surface area contributed by atoms with Crippen LogP contribution in [0.2, 0.25) is 0 Å². The minimum Gasteiger partial charge on any atom is -0.385 e. The van der Waals surface area contributed by atoms with Crippen LogP contribution in [0.5, 0.6) is 0 Å². The first-order valence-corrected chi connectivity index (χ1v) is 4.87. The molecule has 1 saturated carbocycles. The van der Waals surface area contributed by atoms with Gasteiger partial charge in [-0.2, -0.15) is 0 Å². The lowest BCUT2D eigenvalue weighted by Crippen LogP contribution is -2.09. The second-order valence-electron chi connectivity index (χ2n) is 3.64. The van der Waals surface area contributed by atoms with E-state index in [4.69, 9.17) is 4.74 Å². The van der Waals surface area contributed by atoms with Crippen LogP contribution in [0.1, 0.15) is 39.0 Å². The summed E-state index contributed by atoms with van der Waals surface area (Å²) in [5, 5.41) is 0. The average molecular weight is 156 g/mol. The van der Waals surface area contributed by atoms with Crippen LogP contribution in [0, 0.1) is 11.8 Å². The zero-order valence-corrected chi connectivity index (χ0v) is 7.81. The van der Waals surface area contributed by atoms with Crippen molar-refractivity contribution in [2.24, 2.45) is 11.8 Å². The summed E-state index contributed by atoms with van der Waals surface area (Å²) in [5.74, 6) is 1.98. The molecule has 0 aromatic rings. The van der Waals surface area contributed by atoms with Gasteiger partial charge in [0.15, 0.2) is 0 Å². The molecule has 0 amide bonds. The van der Waals surface area contributed by atoms with Gasteiger partial charge < -0.3 is 4.74 Å². The zero-order valence-electron chi connectivity index (χ0n) is 7.81. The molecule has 0 bridgehead atoms. The van der Waals surface area contributed by atoms with Gasteiger partial charge in [-0.15, -0.1) is 0 Å². The van der Waals surface area contributed by atoms with E-state index in [-0.39, 0.29) is 0 Å². The number of rotatable bonds is 4. The van der Waals surface area contributed by atoms with E-state index < -0.39 is 0 Å². The molecule has 0 radical (unpaired) electrons. The first-order chi connectivity index (χ1) is 5.38. The molecule has 0 heterocycles. The van der Waals surface area contributed by atoms with E-state index in [0.29, 0.717) is 0 Å². The third kappa shape index (κ3) is 2.48. The highest BCUT2D eigenvalue weighted by Crippen LogP contribution is 2.35. The normalized spacial score (nSPS) is 31.1. The third-order valence-electron chi connectivity index (χ3n) is 3.03. The van der Waals surface area contributed by atoms with Crippen LogP contribution in [0.3, 0.4) is 0 Å². The fraction of sp³-hybridized carbons (Fsp3) is 1.00. The molecule has 0 spiro atoms. The maximum Gasteiger partial charge on any atom is 0.0465 e. The summed E-state index contributed by atoms with van der Waals surface area (Å²) >= 11 is 0. The molecular weight excluding hydrogens is 136 g/mol. The molecule has 0 aliphatic heterocycles. The highest BCUT2D eigenvalue weighted by Gasteiger charge is 2.24. The van der Waals surface area contributed by atoms with Gasteiger partial charge in [0.25, 0.3) is 0 Å². The molecular formula is C10H20O. The van der Waals surface area contributed by atoms with Crippen molar-refractivity contribution >= 4 is 0 Å². The number of hydrogen-bond donors (Lipinski definition) is 0. The second-order valence-corrected chi connectivity index (χ2v) is 3.64. The molecule has 11 heavy (non-hydrogen) atoms. The maximum absolute atomic E-state index is 5.10. The molecule has 0 aromatic heterocycles. The van der Waals surface area contributed by atoms with Crippen molar-refractivity contribution < 1.29 is 4.74 Å². The molecule has 1 fully saturated rings. The van der Waals surface area contributed by atoms with Crippen molar-refractivity contribution in [1.82, 2.24) is 0 Å². The zero-order chi connectivity index (χ0) is 8.10. The van der Waals surface area contributed by atoms with E-state index in [0.717, 1.165) is 18.4 Å². The van der Waals surface area contributed by atoms with E-state index in [1.54, 1.807) is 7.11 Å². The van der Waals surface area contributed by atoms with Gasteiger partial charge in [-0.3, -0.25) is 0 Å². The Hall–Kier alpha value is -0.0400. The number of ether oxygens (including phenoxy) is 1. The van der Waals surface area contributed by atoms with Crippen molar-refractivity contribution in [1.29, 1.82) is 0 Å². The average Bonchev–Trinajstić information content (AvgIpc) is 2.47. The van der Waals surface area contributed by atoms with Gasteiger partial charge in [0.05, 0.1) is 0 Å². The topological polar surface area (TPSA) is 9.23 Å². The molecule has 1 rings (SSSR count). The molecule has 0 saturated heterocycles. The summed E-state index contributed by atoms with van der Waals surface area (Å²) in [4.78, 5) is 0. The van der Waals surface area contributed by atoms with Crippen molar-refractivity contribution in [2.45, 2.75) is 39.0 Å². The predicted octanol–water partition coefficient (Wildman–Crippen LogP) is 2.85. The smallest absolute Gasteiger partial charge is 0.0465 e.